The fraction of sp³-hybridized carbons (Fsp3) is 0.312. The van der Waals surface area contributed by atoms with Crippen molar-refractivity contribution in [3.05, 3.63) is 59.7 Å². The SMILES string of the molecule is CCCNCc1cccc(COc2ccccc2F)n1. The number of halogens is 1. The molecule has 1 N–H and O–H groups in total. The molecule has 0 atom stereocenters. The number of para-hydroxylation sites is 1. The standard InChI is InChI=1S/C16H19FN2O/c1-2-10-18-11-13-6-5-7-14(19-13)12-20-16-9-4-3-8-15(16)17/h3-9,18H,2,10-12H2,1H3. The van der Waals surface area contributed by atoms with Crippen molar-refractivity contribution in [3.63, 3.8) is 0 Å². The van der Waals surface area contributed by atoms with Gasteiger partial charge in [0.05, 0.1) is 11.4 Å². The number of ether oxygens (including phenoxy) is 1. The molecular formula is C16H19FN2O. The summed E-state index contributed by atoms with van der Waals surface area (Å²) in [6.45, 7) is 4.10. The molecule has 0 aliphatic heterocycles. The molecule has 0 unspecified atom stereocenters. The molecule has 0 saturated carbocycles. The summed E-state index contributed by atoms with van der Waals surface area (Å²) in [6, 6.07) is 12.2. The van der Waals surface area contributed by atoms with E-state index in [4.69, 9.17) is 4.74 Å². The van der Waals surface area contributed by atoms with E-state index in [9.17, 15) is 4.39 Å². The average Bonchev–Trinajstić information content (AvgIpc) is 2.47. The Kier molecular flexibility index (Phi) is 5.50. The highest BCUT2D eigenvalue weighted by atomic mass is 19.1. The van der Waals surface area contributed by atoms with E-state index >= 15 is 0 Å². The van der Waals surface area contributed by atoms with Crippen LogP contribution in [0, 0.1) is 5.82 Å². The summed E-state index contributed by atoms with van der Waals surface area (Å²) in [5.74, 6) is -0.0999. The van der Waals surface area contributed by atoms with Crippen molar-refractivity contribution in [2.45, 2.75) is 26.5 Å². The van der Waals surface area contributed by atoms with Gasteiger partial charge in [-0.15, -0.1) is 0 Å². The Morgan fingerprint density at radius 3 is 2.70 bits per heavy atom. The van der Waals surface area contributed by atoms with E-state index < -0.39 is 0 Å². The minimum absolute atomic E-state index is 0.254. The van der Waals surface area contributed by atoms with Crippen LogP contribution < -0.4 is 10.1 Å². The molecule has 0 radical (unpaired) electrons. The van der Waals surface area contributed by atoms with Crippen molar-refractivity contribution >= 4 is 0 Å². The predicted molar refractivity (Wildman–Crippen MR) is 77.0 cm³/mol. The Morgan fingerprint density at radius 2 is 1.90 bits per heavy atom. The van der Waals surface area contributed by atoms with Gasteiger partial charge in [0, 0.05) is 6.54 Å². The van der Waals surface area contributed by atoms with E-state index in [2.05, 4.69) is 17.2 Å². The van der Waals surface area contributed by atoms with Crippen LogP contribution in [-0.4, -0.2) is 11.5 Å². The van der Waals surface area contributed by atoms with E-state index in [-0.39, 0.29) is 18.2 Å². The average molecular weight is 274 g/mol. The normalized spacial score (nSPS) is 10.5. The molecule has 106 valence electrons. The molecule has 20 heavy (non-hydrogen) atoms. The lowest BCUT2D eigenvalue weighted by Crippen LogP contribution is -2.15. The maximum atomic E-state index is 13.4. The van der Waals surface area contributed by atoms with Gasteiger partial charge in [0.15, 0.2) is 11.6 Å². The summed E-state index contributed by atoms with van der Waals surface area (Å²) in [5.41, 5.74) is 1.76. The van der Waals surface area contributed by atoms with Crippen LogP contribution in [0.25, 0.3) is 0 Å². The first-order valence-corrected chi connectivity index (χ1v) is 6.82. The Balaban J connectivity index is 1.93. The molecule has 2 aromatic rings. The second-order valence-electron chi connectivity index (χ2n) is 4.52. The number of hydrogen-bond acceptors (Lipinski definition) is 3. The Hall–Kier alpha value is -1.94. The zero-order chi connectivity index (χ0) is 14.2. The Morgan fingerprint density at radius 1 is 1.10 bits per heavy atom. The van der Waals surface area contributed by atoms with Gasteiger partial charge in [-0.1, -0.05) is 25.1 Å². The number of rotatable bonds is 7. The lowest BCUT2D eigenvalue weighted by Gasteiger charge is -2.08. The van der Waals surface area contributed by atoms with Gasteiger partial charge in [-0.3, -0.25) is 4.98 Å². The van der Waals surface area contributed by atoms with Crippen LogP contribution in [0.3, 0.4) is 0 Å². The second-order valence-corrected chi connectivity index (χ2v) is 4.52. The minimum atomic E-state index is -0.353. The molecule has 3 nitrogen and oxygen atoms in total. The first kappa shape index (κ1) is 14.5. The van der Waals surface area contributed by atoms with Crippen LogP contribution >= 0.6 is 0 Å². The minimum Gasteiger partial charge on any atom is -0.484 e. The van der Waals surface area contributed by atoms with Crippen LogP contribution in [0.2, 0.25) is 0 Å². The van der Waals surface area contributed by atoms with Gasteiger partial charge >= 0.3 is 0 Å². The summed E-state index contributed by atoms with van der Waals surface area (Å²) in [4.78, 5) is 4.48. The smallest absolute Gasteiger partial charge is 0.165 e. The van der Waals surface area contributed by atoms with E-state index in [1.807, 2.05) is 18.2 Å². The van der Waals surface area contributed by atoms with Gasteiger partial charge in [0.2, 0.25) is 0 Å². The third kappa shape index (κ3) is 4.31. The topological polar surface area (TPSA) is 34.1 Å². The first-order valence-electron chi connectivity index (χ1n) is 6.82. The van der Waals surface area contributed by atoms with E-state index in [1.165, 1.54) is 6.07 Å². The molecule has 0 spiro atoms. The van der Waals surface area contributed by atoms with E-state index in [1.54, 1.807) is 18.2 Å². The van der Waals surface area contributed by atoms with Gasteiger partial charge in [-0.2, -0.15) is 0 Å². The summed E-state index contributed by atoms with van der Waals surface area (Å²) in [6.07, 6.45) is 1.09. The zero-order valence-corrected chi connectivity index (χ0v) is 11.6. The molecule has 1 aromatic heterocycles. The van der Waals surface area contributed by atoms with Crippen LogP contribution in [0.4, 0.5) is 4.39 Å². The van der Waals surface area contributed by atoms with Crippen LogP contribution in [-0.2, 0) is 13.2 Å². The predicted octanol–water partition coefficient (Wildman–Crippen LogP) is 3.30. The number of pyridine rings is 1. The number of hydrogen-bond donors (Lipinski definition) is 1. The monoisotopic (exact) mass is 274 g/mol. The molecule has 4 heteroatoms. The molecular weight excluding hydrogens is 255 g/mol. The quantitative estimate of drug-likeness (QED) is 0.787. The van der Waals surface area contributed by atoms with Crippen molar-refractivity contribution in [2.24, 2.45) is 0 Å². The van der Waals surface area contributed by atoms with Crippen LogP contribution in [0.5, 0.6) is 5.75 Å². The fourth-order valence-corrected chi connectivity index (χ4v) is 1.81. The zero-order valence-electron chi connectivity index (χ0n) is 11.6. The third-order valence-corrected chi connectivity index (χ3v) is 2.81. The van der Waals surface area contributed by atoms with Gasteiger partial charge in [0.25, 0.3) is 0 Å². The number of nitrogens with one attached hydrogen (secondary N) is 1. The lowest BCUT2D eigenvalue weighted by atomic mass is 10.3. The van der Waals surface area contributed by atoms with Gasteiger partial charge in [-0.05, 0) is 37.2 Å². The number of aromatic nitrogens is 1. The maximum Gasteiger partial charge on any atom is 0.165 e. The molecule has 0 aliphatic carbocycles. The molecule has 0 saturated heterocycles. The fourth-order valence-electron chi connectivity index (χ4n) is 1.81. The number of benzene rings is 1. The molecule has 0 fully saturated rings. The summed E-state index contributed by atoms with van der Waals surface area (Å²) >= 11 is 0. The molecule has 0 bridgehead atoms. The maximum absolute atomic E-state index is 13.4. The summed E-state index contributed by atoms with van der Waals surface area (Å²) in [7, 11) is 0. The third-order valence-electron chi connectivity index (χ3n) is 2.81. The lowest BCUT2D eigenvalue weighted by molar-refractivity contribution is 0.285. The summed E-state index contributed by atoms with van der Waals surface area (Å²) < 4.78 is 18.9. The Labute approximate surface area is 118 Å². The molecule has 0 amide bonds. The van der Waals surface area contributed by atoms with Crippen molar-refractivity contribution in [3.8, 4) is 5.75 Å². The molecule has 1 aromatic carbocycles. The van der Waals surface area contributed by atoms with E-state index in [0.29, 0.717) is 0 Å². The van der Waals surface area contributed by atoms with Gasteiger partial charge < -0.3 is 10.1 Å². The Bertz CT molecular complexity index is 546. The highest BCUT2D eigenvalue weighted by Gasteiger charge is 2.03. The highest BCUT2D eigenvalue weighted by molar-refractivity contribution is 5.24. The van der Waals surface area contributed by atoms with E-state index in [0.717, 1.165) is 30.9 Å². The largest absolute Gasteiger partial charge is 0.484 e. The van der Waals surface area contributed by atoms with Crippen molar-refractivity contribution < 1.29 is 9.13 Å². The highest BCUT2D eigenvalue weighted by Crippen LogP contribution is 2.16. The van der Waals surface area contributed by atoms with Gasteiger partial charge in [0.1, 0.15) is 6.61 Å². The van der Waals surface area contributed by atoms with Crippen LogP contribution in [0.15, 0.2) is 42.5 Å². The molecule has 0 aliphatic rings. The van der Waals surface area contributed by atoms with Crippen molar-refractivity contribution in [1.82, 2.24) is 10.3 Å². The first-order chi connectivity index (χ1) is 9.79. The van der Waals surface area contributed by atoms with Crippen LogP contribution in [0.1, 0.15) is 24.7 Å². The van der Waals surface area contributed by atoms with Crippen molar-refractivity contribution in [1.29, 1.82) is 0 Å². The number of nitrogens with zero attached hydrogens (tertiary/aromatic N) is 1. The van der Waals surface area contributed by atoms with Crippen molar-refractivity contribution in [2.75, 3.05) is 6.54 Å². The second kappa shape index (κ2) is 7.60. The molecule has 1 heterocycles. The molecule has 2 rings (SSSR count). The summed E-state index contributed by atoms with van der Waals surface area (Å²) in [5, 5.41) is 3.30. The van der Waals surface area contributed by atoms with Gasteiger partial charge in [-0.25, -0.2) is 4.39 Å².